The summed E-state index contributed by atoms with van der Waals surface area (Å²) < 4.78 is 10.8. The Morgan fingerprint density at radius 3 is 2.24 bits per heavy atom. The van der Waals surface area contributed by atoms with Crippen molar-refractivity contribution in [2.45, 2.75) is 6.61 Å². The van der Waals surface area contributed by atoms with Crippen LogP contribution in [0.5, 0.6) is 11.5 Å². The highest BCUT2D eigenvalue weighted by atomic mass is 32.1. The molecule has 0 bridgehead atoms. The van der Waals surface area contributed by atoms with Gasteiger partial charge in [0.1, 0.15) is 24.7 Å². The Morgan fingerprint density at radius 2 is 1.66 bits per heavy atom. The summed E-state index contributed by atoms with van der Waals surface area (Å²) >= 11 is 1.29. The van der Waals surface area contributed by atoms with Crippen LogP contribution in [0.2, 0.25) is 0 Å². The smallest absolute Gasteiger partial charge is 0.325 e. The first-order valence-corrected chi connectivity index (χ1v) is 9.38. The highest BCUT2D eigenvalue weighted by Crippen LogP contribution is 2.24. The number of nitrogens with zero attached hydrogens (tertiary/aromatic N) is 1. The van der Waals surface area contributed by atoms with Crippen molar-refractivity contribution < 1.29 is 24.0 Å². The van der Waals surface area contributed by atoms with E-state index in [1.54, 1.807) is 41.8 Å². The van der Waals surface area contributed by atoms with Crippen LogP contribution >= 0.6 is 11.3 Å². The van der Waals surface area contributed by atoms with Gasteiger partial charge in [0.15, 0.2) is 0 Å². The van der Waals surface area contributed by atoms with Crippen molar-refractivity contribution in [2.75, 3.05) is 6.54 Å². The van der Waals surface area contributed by atoms with E-state index >= 15 is 0 Å². The van der Waals surface area contributed by atoms with Crippen LogP contribution in [0.3, 0.4) is 0 Å². The Bertz CT molecular complexity index is 985. The summed E-state index contributed by atoms with van der Waals surface area (Å²) in [5.41, 5.74) is 0.736. The van der Waals surface area contributed by atoms with Gasteiger partial charge >= 0.3 is 5.97 Å². The fourth-order valence-electron chi connectivity index (χ4n) is 2.29. The minimum absolute atomic E-state index is 0.0129. The van der Waals surface area contributed by atoms with Gasteiger partial charge in [-0.1, -0.05) is 18.2 Å². The molecule has 9 heteroatoms. The lowest BCUT2D eigenvalue weighted by Gasteiger charge is -2.08. The number of nitro benzene ring substituents is 1. The van der Waals surface area contributed by atoms with Gasteiger partial charge in [-0.3, -0.25) is 19.7 Å². The Morgan fingerprint density at radius 1 is 1.00 bits per heavy atom. The Kier molecular flexibility index (Phi) is 6.54. The third kappa shape index (κ3) is 5.88. The zero-order valence-electron chi connectivity index (χ0n) is 15.1. The quantitative estimate of drug-likeness (QED) is 0.341. The summed E-state index contributed by atoms with van der Waals surface area (Å²) in [5.74, 6) is 0.152. The van der Waals surface area contributed by atoms with E-state index in [0.717, 1.165) is 5.56 Å². The molecule has 2 aromatic carbocycles. The average molecular weight is 412 g/mol. The van der Waals surface area contributed by atoms with E-state index in [2.05, 4.69) is 5.32 Å². The van der Waals surface area contributed by atoms with Crippen molar-refractivity contribution in [1.82, 2.24) is 5.32 Å². The Balaban J connectivity index is 1.44. The molecule has 3 rings (SSSR count). The number of benzene rings is 2. The second-order valence-corrected chi connectivity index (χ2v) is 6.77. The number of rotatable bonds is 8. The van der Waals surface area contributed by atoms with Gasteiger partial charge in [-0.15, -0.1) is 11.3 Å². The molecule has 1 aromatic heterocycles. The molecule has 1 heterocycles. The maximum Gasteiger partial charge on any atom is 0.325 e. The molecule has 3 aromatic rings. The molecule has 0 fully saturated rings. The molecule has 8 nitrogen and oxygen atoms in total. The van der Waals surface area contributed by atoms with Crippen molar-refractivity contribution in [2.24, 2.45) is 0 Å². The minimum Gasteiger partial charge on any atom is -0.460 e. The van der Waals surface area contributed by atoms with Crippen LogP contribution in [0, 0.1) is 10.1 Å². The van der Waals surface area contributed by atoms with Crippen molar-refractivity contribution in [3.63, 3.8) is 0 Å². The van der Waals surface area contributed by atoms with E-state index in [0.29, 0.717) is 16.4 Å². The number of nitro groups is 1. The van der Waals surface area contributed by atoms with Crippen LogP contribution in [0.1, 0.15) is 15.2 Å². The van der Waals surface area contributed by atoms with Crippen LogP contribution in [-0.4, -0.2) is 23.3 Å². The van der Waals surface area contributed by atoms with Crippen LogP contribution in [0.4, 0.5) is 5.69 Å². The van der Waals surface area contributed by atoms with Crippen LogP contribution < -0.4 is 10.1 Å². The summed E-state index contributed by atoms with van der Waals surface area (Å²) in [5, 5.41) is 14.9. The number of amides is 1. The lowest BCUT2D eigenvalue weighted by atomic mass is 10.2. The van der Waals surface area contributed by atoms with E-state index < -0.39 is 10.9 Å². The molecule has 0 saturated carbocycles. The first-order chi connectivity index (χ1) is 14.0. The second-order valence-electron chi connectivity index (χ2n) is 5.82. The van der Waals surface area contributed by atoms with Gasteiger partial charge in [0.2, 0.25) is 0 Å². The van der Waals surface area contributed by atoms with Gasteiger partial charge in [0.25, 0.3) is 11.6 Å². The van der Waals surface area contributed by atoms with Gasteiger partial charge in [0, 0.05) is 12.1 Å². The summed E-state index contributed by atoms with van der Waals surface area (Å²) in [4.78, 5) is 34.2. The predicted octanol–water partition coefficient (Wildman–Crippen LogP) is 3.92. The number of esters is 1. The number of thiophene rings is 1. The molecular formula is C20H16N2O6S. The summed E-state index contributed by atoms with van der Waals surface area (Å²) in [6.45, 7) is -0.149. The molecule has 0 aliphatic heterocycles. The molecule has 0 radical (unpaired) electrons. The van der Waals surface area contributed by atoms with Gasteiger partial charge in [-0.05, 0) is 41.3 Å². The third-order valence-electron chi connectivity index (χ3n) is 3.74. The van der Waals surface area contributed by atoms with Gasteiger partial charge in [0.05, 0.1) is 9.80 Å². The van der Waals surface area contributed by atoms with Gasteiger partial charge in [-0.25, -0.2) is 0 Å². The molecule has 0 saturated heterocycles. The molecule has 0 unspecified atom stereocenters. The number of nitrogens with one attached hydrogen (secondary N) is 1. The third-order valence-corrected chi connectivity index (χ3v) is 4.61. The second kappa shape index (κ2) is 9.47. The number of hydrogen-bond donors (Lipinski definition) is 1. The highest BCUT2D eigenvalue weighted by Gasteiger charge is 2.10. The summed E-state index contributed by atoms with van der Waals surface area (Å²) in [6.07, 6.45) is 0. The van der Waals surface area contributed by atoms with E-state index in [1.807, 2.05) is 0 Å². The standard InChI is InChI=1S/C20H16N2O6S/c23-19(12-21-20(24)18-2-1-11-29-18)27-13-14-3-7-16(8-4-14)28-17-9-5-15(6-10-17)22(25)26/h1-11H,12-13H2,(H,21,24). The summed E-state index contributed by atoms with van der Waals surface area (Å²) in [7, 11) is 0. The lowest BCUT2D eigenvalue weighted by Crippen LogP contribution is -2.30. The maximum atomic E-state index is 11.8. The van der Waals surface area contributed by atoms with E-state index in [-0.39, 0.29) is 24.7 Å². The normalized spacial score (nSPS) is 10.2. The fraction of sp³-hybridized carbons (Fsp3) is 0.100. The monoisotopic (exact) mass is 412 g/mol. The van der Waals surface area contributed by atoms with E-state index in [1.165, 1.54) is 35.6 Å². The Labute approximate surface area is 169 Å². The van der Waals surface area contributed by atoms with Crippen molar-refractivity contribution in [3.05, 3.63) is 86.6 Å². The SMILES string of the molecule is O=C(CNC(=O)c1cccs1)OCc1ccc(Oc2ccc([N+](=O)[O-])cc2)cc1. The first-order valence-electron chi connectivity index (χ1n) is 8.50. The number of non-ortho nitro benzene ring substituents is 1. The number of carbonyl (C=O) groups excluding carboxylic acids is 2. The Hall–Kier alpha value is -3.72. The molecule has 1 amide bonds. The maximum absolute atomic E-state index is 11.8. The largest absolute Gasteiger partial charge is 0.460 e. The molecular weight excluding hydrogens is 396 g/mol. The topological polar surface area (TPSA) is 108 Å². The molecule has 0 aliphatic carbocycles. The zero-order chi connectivity index (χ0) is 20.6. The highest BCUT2D eigenvalue weighted by molar-refractivity contribution is 7.12. The molecule has 0 aliphatic rings. The number of carbonyl (C=O) groups is 2. The molecule has 1 N–H and O–H groups in total. The van der Waals surface area contributed by atoms with Crippen LogP contribution in [0.15, 0.2) is 66.0 Å². The summed E-state index contributed by atoms with van der Waals surface area (Å²) in [6, 6.07) is 16.0. The van der Waals surface area contributed by atoms with Crippen molar-refractivity contribution in [1.29, 1.82) is 0 Å². The minimum atomic E-state index is -0.541. The molecule has 148 valence electrons. The predicted molar refractivity (Wildman–Crippen MR) is 106 cm³/mol. The zero-order valence-corrected chi connectivity index (χ0v) is 15.9. The van der Waals surface area contributed by atoms with Crippen LogP contribution in [0.25, 0.3) is 0 Å². The number of ether oxygens (including phenoxy) is 2. The lowest BCUT2D eigenvalue weighted by molar-refractivity contribution is -0.384. The van der Waals surface area contributed by atoms with E-state index in [9.17, 15) is 19.7 Å². The van der Waals surface area contributed by atoms with E-state index in [4.69, 9.17) is 9.47 Å². The molecule has 0 atom stereocenters. The van der Waals surface area contributed by atoms with Crippen molar-refractivity contribution >= 4 is 28.9 Å². The molecule has 0 spiro atoms. The molecule has 29 heavy (non-hydrogen) atoms. The number of hydrogen-bond acceptors (Lipinski definition) is 7. The first kappa shape index (κ1) is 20.0. The average Bonchev–Trinajstić information content (AvgIpc) is 3.27. The van der Waals surface area contributed by atoms with Gasteiger partial charge in [-0.2, -0.15) is 0 Å². The fourth-order valence-corrected chi connectivity index (χ4v) is 2.93. The van der Waals surface area contributed by atoms with Crippen molar-refractivity contribution in [3.8, 4) is 11.5 Å². The van der Waals surface area contributed by atoms with Crippen LogP contribution in [-0.2, 0) is 16.1 Å². The van der Waals surface area contributed by atoms with Gasteiger partial charge < -0.3 is 14.8 Å².